The minimum Gasteiger partial charge on any atom is -0.493 e. The van der Waals surface area contributed by atoms with E-state index in [2.05, 4.69) is 20.6 Å². The van der Waals surface area contributed by atoms with Crippen molar-refractivity contribution < 1.29 is 37.8 Å². The molecule has 4 bridgehead atoms. The Hall–Kier alpha value is -5.37. The van der Waals surface area contributed by atoms with Gasteiger partial charge >= 0.3 is 0 Å². The van der Waals surface area contributed by atoms with Gasteiger partial charge in [0, 0.05) is 74.2 Å². The maximum absolute atomic E-state index is 13.9. The number of nitrogens with zero attached hydrogens (tertiary/aromatic N) is 3. The molecule has 3 N–H and O–H groups in total. The highest BCUT2D eigenvalue weighted by Gasteiger charge is 2.31. The smallest absolute Gasteiger partial charge is 0.248 e. The SMILES string of the molecule is CCOCC(=O)N1CCC(C(=O)N2CCCOc3ccc(cc3OC)-c3nc(c(C)o3)CNC(=O)[C@H](Cc3c[nH]c4ccccc34)NC(=O)CCC2)CC1. The fourth-order valence-corrected chi connectivity index (χ4v) is 7.04. The van der Waals surface area contributed by atoms with E-state index >= 15 is 0 Å². The number of nitrogens with one attached hydrogen (secondary N) is 3. The van der Waals surface area contributed by atoms with E-state index in [0.29, 0.717) is 99.5 Å². The third-order valence-corrected chi connectivity index (χ3v) is 10.1. The van der Waals surface area contributed by atoms with Gasteiger partial charge in [0.1, 0.15) is 24.1 Å². The van der Waals surface area contributed by atoms with Crippen LogP contribution in [-0.4, -0.2) is 103 Å². The first-order valence-electron chi connectivity index (χ1n) is 18.8. The van der Waals surface area contributed by atoms with Crippen molar-refractivity contribution in [2.24, 2.45) is 5.92 Å². The van der Waals surface area contributed by atoms with E-state index in [-0.39, 0.29) is 55.5 Å². The molecule has 0 spiro atoms. The van der Waals surface area contributed by atoms with E-state index in [1.807, 2.05) is 43.5 Å². The maximum Gasteiger partial charge on any atom is 0.248 e. The third kappa shape index (κ3) is 9.40. The van der Waals surface area contributed by atoms with E-state index < -0.39 is 6.04 Å². The fourth-order valence-electron chi connectivity index (χ4n) is 7.04. The molecule has 0 radical (unpaired) electrons. The summed E-state index contributed by atoms with van der Waals surface area (Å²) in [5.74, 6) is 1.05. The highest BCUT2D eigenvalue weighted by molar-refractivity contribution is 5.89. The number of benzene rings is 2. The minimum absolute atomic E-state index is 0.00431. The number of likely N-dealkylation sites (tertiary alicyclic amines) is 1. The predicted octanol–water partition coefficient (Wildman–Crippen LogP) is 4.15. The average molecular weight is 743 g/mol. The molecule has 7 rings (SSSR count). The Morgan fingerprint density at radius 2 is 1.81 bits per heavy atom. The number of fused-ring (bicyclic) bond motifs is 16. The molecule has 0 saturated carbocycles. The minimum atomic E-state index is -0.861. The van der Waals surface area contributed by atoms with E-state index in [9.17, 15) is 19.2 Å². The molecule has 5 heterocycles. The number of hydrogen-bond donors (Lipinski definition) is 3. The fraction of sp³-hybridized carbons (Fsp3) is 0.475. The summed E-state index contributed by atoms with van der Waals surface area (Å²) in [4.78, 5) is 65.1. The van der Waals surface area contributed by atoms with Crippen LogP contribution in [0.25, 0.3) is 22.4 Å². The lowest BCUT2D eigenvalue weighted by Crippen LogP contribution is -2.48. The number of aryl methyl sites for hydroxylation is 1. The first-order valence-corrected chi connectivity index (χ1v) is 18.8. The van der Waals surface area contributed by atoms with Gasteiger partial charge in [-0.3, -0.25) is 19.2 Å². The predicted molar refractivity (Wildman–Crippen MR) is 201 cm³/mol. The van der Waals surface area contributed by atoms with Crippen molar-refractivity contribution in [3.05, 3.63) is 65.7 Å². The second kappa shape index (κ2) is 18.1. The first-order chi connectivity index (χ1) is 26.2. The quantitative estimate of drug-likeness (QED) is 0.252. The Balaban J connectivity index is 1.21. The number of amides is 4. The maximum atomic E-state index is 13.9. The number of piperidine rings is 1. The average Bonchev–Trinajstić information content (AvgIpc) is 3.78. The summed E-state index contributed by atoms with van der Waals surface area (Å²) in [5.41, 5.74) is 3.08. The number of para-hydroxylation sites is 1. The molecule has 3 aliphatic heterocycles. The Bertz CT molecular complexity index is 1930. The highest BCUT2D eigenvalue weighted by atomic mass is 16.5. The number of aromatic nitrogens is 2. The van der Waals surface area contributed by atoms with Crippen molar-refractivity contribution in [1.82, 2.24) is 30.4 Å². The third-order valence-electron chi connectivity index (χ3n) is 10.1. The van der Waals surface area contributed by atoms with Gasteiger partial charge in [-0.05, 0) is 69.4 Å². The molecule has 54 heavy (non-hydrogen) atoms. The van der Waals surface area contributed by atoms with Crippen LogP contribution >= 0.6 is 0 Å². The number of aromatic amines is 1. The molecule has 2 aromatic heterocycles. The molecular weight excluding hydrogens is 692 g/mol. The van der Waals surface area contributed by atoms with Crippen molar-refractivity contribution >= 4 is 34.5 Å². The van der Waals surface area contributed by atoms with Crippen LogP contribution in [0.15, 0.2) is 53.1 Å². The number of ether oxygens (including phenoxy) is 3. The molecule has 0 aliphatic carbocycles. The number of carbonyl (C=O) groups is 4. The molecule has 2 aromatic carbocycles. The molecule has 4 aromatic rings. The summed E-state index contributed by atoms with van der Waals surface area (Å²) in [6.07, 6.45) is 4.33. The standard InChI is InChI=1S/C40H50N6O8/c1-4-52-25-37(48)45-18-14-27(15-19-45)40(50)46-16-7-11-36(47)43-32(21-29-23-41-31-10-6-5-9-30(29)31)38(49)42-24-33-26(2)54-39(44-33)28-12-13-34(35(22-28)51-3)53-20-8-17-46/h5-6,9-10,12-13,22-23,27,32,41H,4,7-8,11,14-21,24-25H2,1-3H3,(H,42,49)(H,43,47)/t32-/m0/s1. The van der Waals surface area contributed by atoms with Gasteiger partial charge < -0.3 is 44.0 Å². The van der Waals surface area contributed by atoms with Crippen LogP contribution < -0.4 is 20.1 Å². The van der Waals surface area contributed by atoms with Crippen molar-refractivity contribution in [2.45, 2.75) is 65.0 Å². The van der Waals surface area contributed by atoms with Crippen LogP contribution in [-0.2, 0) is 36.9 Å². The molecule has 288 valence electrons. The van der Waals surface area contributed by atoms with Gasteiger partial charge in [-0.25, -0.2) is 4.98 Å². The van der Waals surface area contributed by atoms with Crippen LogP contribution in [0, 0.1) is 12.8 Å². The number of H-pyrrole nitrogens is 1. The van der Waals surface area contributed by atoms with Crippen LogP contribution in [0.2, 0.25) is 0 Å². The van der Waals surface area contributed by atoms with E-state index in [0.717, 1.165) is 16.5 Å². The zero-order valence-electron chi connectivity index (χ0n) is 31.3. The summed E-state index contributed by atoms with van der Waals surface area (Å²) in [6.45, 7) is 6.35. The summed E-state index contributed by atoms with van der Waals surface area (Å²) in [7, 11) is 1.56. The summed E-state index contributed by atoms with van der Waals surface area (Å²) >= 11 is 0. The van der Waals surface area contributed by atoms with Gasteiger partial charge in [-0.1, -0.05) is 18.2 Å². The molecule has 1 saturated heterocycles. The van der Waals surface area contributed by atoms with Crippen molar-refractivity contribution in [3.8, 4) is 23.0 Å². The summed E-state index contributed by atoms with van der Waals surface area (Å²) in [6, 6.07) is 12.4. The topological polar surface area (TPSA) is 168 Å². The monoisotopic (exact) mass is 742 g/mol. The lowest BCUT2D eigenvalue weighted by Gasteiger charge is -2.34. The van der Waals surface area contributed by atoms with Crippen LogP contribution in [0.1, 0.15) is 56.0 Å². The second-order valence-electron chi connectivity index (χ2n) is 13.7. The van der Waals surface area contributed by atoms with Gasteiger partial charge in [0.2, 0.25) is 29.5 Å². The molecule has 3 aliphatic rings. The molecule has 1 fully saturated rings. The molecular formula is C40H50N6O8. The lowest BCUT2D eigenvalue weighted by molar-refractivity contribution is -0.143. The Morgan fingerprint density at radius 3 is 2.61 bits per heavy atom. The van der Waals surface area contributed by atoms with Crippen molar-refractivity contribution in [2.75, 3.05) is 53.1 Å². The zero-order valence-corrected chi connectivity index (χ0v) is 31.3. The van der Waals surface area contributed by atoms with E-state index in [4.69, 9.17) is 18.6 Å². The van der Waals surface area contributed by atoms with Crippen molar-refractivity contribution in [3.63, 3.8) is 0 Å². The van der Waals surface area contributed by atoms with Crippen LogP contribution in [0.3, 0.4) is 0 Å². The molecule has 1 atom stereocenters. The van der Waals surface area contributed by atoms with Gasteiger partial charge in [0.25, 0.3) is 0 Å². The number of rotatable bonds is 7. The molecule has 14 nitrogen and oxygen atoms in total. The van der Waals surface area contributed by atoms with Gasteiger partial charge in [-0.15, -0.1) is 0 Å². The summed E-state index contributed by atoms with van der Waals surface area (Å²) < 4.78 is 23.0. The molecule has 14 heteroatoms. The highest BCUT2D eigenvalue weighted by Crippen LogP contribution is 2.33. The van der Waals surface area contributed by atoms with Crippen LogP contribution in [0.4, 0.5) is 0 Å². The Labute approximate surface area is 314 Å². The Morgan fingerprint density at radius 1 is 1.02 bits per heavy atom. The van der Waals surface area contributed by atoms with Gasteiger partial charge in [0.15, 0.2) is 11.5 Å². The number of methoxy groups -OCH3 is 1. The largest absolute Gasteiger partial charge is 0.493 e. The molecule has 4 amide bonds. The van der Waals surface area contributed by atoms with E-state index in [1.54, 1.807) is 36.0 Å². The van der Waals surface area contributed by atoms with Gasteiger partial charge in [-0.2, -0.15) is 0 Å². The number of hydrogen-bond acceptors (Lipinski definition) is 9. The summed E-state index contributed by atoms with van der Waals surface area (Å²) in [5, 5.41) is 6.90. The van der Waals surface area contributed by atoms with Crippen molar-refractivity contribution in [1.29, 1.82) is 0 Å². The van der Waals surface area contributed by atoms with Crippen LogP contribution in [0.5, 0.6) is 11.5 Å². The van der Waals surface area contributed by atoms with Gasteiger partial charge in [0.05, 0.1) is 20.3 Å². The van der Waals surface area contributed by atoms with E-state index in [1.165, 1.54) is 0 Å². The second-order valence-corrected chi connectivity index (χ2v) is 13.7. The molecule has 0 unspecified atom stereocenters. The number of oxazole rings is 1. The first kappa shape index (κ1) is 38.4. The normalized spacial score (nSPS) is 18.1. The Kier molecular flexibility index (Phi) is 12.9. The zero-order chi connectivity index (χ0) is 38.0. The number of carbonyl (C=O) groups excluding carboxylic acids is 4. The lowest BCUT2D eigenvalue weighted by atomic mass is 9.95.